The van der Waals surface area contributed by atoms with Gasteiger partial charge in [0, 0.05) is 12.0 Å². The minimum absolute atomic E-state index is 1.07. The Hall–Kier alpha value is 0.450. The molecule has 0 spiro atoms. The van der Waals surface area contributed by atoms with Gasteiger partial charge in [-0.1, -0.05) is 0 Å². The Kier molecular flexibility index (Phi) is 10.6. The zero-order valence-corrected chi connectivity index (χ0v) is 20.5. The number of phosphoric ester groups is 2. The van der Waals surface area contributed by atoms with Gasteiger partial charge in [0.05, 0.1) is 25.4 Å². The van der Waals surface area contributed by atoms with E-state index in [1.807, 2.05) is 0 Å². The largest absolute Gasteiger partial charge is 0.756 e. The fourth-order valence-electron chi connectivity index (χ4n) is 2.62. The first-order valence-corrected chi connectivity index (χ1v) is 14.9. The Morgan fingerprint density at radius 2 is 0.971 bits per heavy atom. The summed E-state index contributed by atoms with van der Waals surface area (Å²) in [5.41, 5.74) is 0. The maximum absolute atomic E-state index is 11.8. The Bertz CT molecular complexity index is 863. The third kappa shape index (κ3) is 9.30. The lowest BCUT2D eigenvalue weighted by Crippen LogP contribution is -2.34. The van der Waals surface area contributed by atoms with E-state index in [4.69, 9.17) is 25.2 Å². The lowest BCUT2D eigenvalue weighted by Gasteiger charge is -2.31. The van der Waals surface area contributed by atoms with Crippen molar-refractivity contribution in [3.8, 4) is 0 Å². The van der Waals surface area contributed by atoms with Gasteiger partial charge < -0.3 is 49.5 Å². The van der Waals surface area contributed by atoms with Gasteiger partial charge in [0.25, 0.3) is 15.6 Å². The second-order valence-corrected chi connectivity index (χ2v) is 13.0. The van der Waals surface area contributed by atoms with E-state index >= 15 is 0 Å². The van der Waals surface area contributed by atoms with Crippen LogP contribution in [-0.2, 0) is 49.7 Å². The van der Waals surface area contributed by atoms with E-state index in [1.54, 1.807) is 0 Å². The van der Waals surface area contributed by atoms with Crippen LogP contribution < -0.4 is 9.79 Å². The van der Waals surface area contributed by atoms with Crippen molar-refractivity contribution in [3.63, 3.8) is 0 Å². The molecule has 6 N–H and O–H groups in total. The van der Waals surface area contributed by atoms with Crippen LogP contribution in [0.4, 0.5) is 0 Å². The lowest BCUT2D eigenvalue weighted by molar-refractivity contribution is -0.235. The van der Waals surface area contributed by atoms with Crippen LogP contribution >= 0.6 is 31.3 Å². The topological polar surface area (TPSA) is 300 Å². The van der Waals surface area contributed by atoms with Crippen molar-refractivity contribution in [2.75, 3.05) is 13.2 Å². The number of rotatable bonds is 12. The number of hydrogen-bond acceptors (Lipinski definition) is 17. The van der Waals surface area contributed by atoms with E-state index in [0.717, 1.165) is 0 Å². The van der Waals surface area contributed by atoms with Crippen LogP contribution in [0.5, 0.6) is 0 Å². The molecule has 2 aliphatic rings. The summed E-state index contributed by atoms with van der Waals surface area (Å²) in [6.45, 7) is -2.14. The van der Waals surface area contributed by atoms with Gasteiger partial charge in [0.15, 0.2) is 0 Å². The van der Waals surface area contributed by atoms with Crippen LogP contribution in [0.2, 0.25) is 0 Å². The maximum Gasteiger partial charge on any atom is 0.478 e. The molecule has 0 amide bonds. The summed E-state index contributed by atoms with van der Waals surface area (Å²) >= 11 is 0. The van der Waals surface area contributed by atoms with E-state index in [9.17, 15) is 58.3 Å². The summed E-state index contributed by atoms with van der Waals surface area (Å²) in [5, 5.41) is 38.0. The zero-order chi connectivity index (χ0) is 27.0. The average Bonchev–Trinajstić information content (AvgIpc) is 3.06. The van der Waals surface area contributed by atoms with Crippen molar-refractivity contribution >= 4 is 47.0 Å². The normalized spacial score (nSPS) is 40.5. The molecule has 35 heavy (non-hydrogen) atoms. The van der Waals surface area contributed by atoms with E-state index in [1.165, 1.54) is 0 Å². The molecule has 2 heterocycles. The van der Waals surface area contributed by atoms with Crippen molar-refractivity contribution in [2.45, 2.75) is 48.6 Å². The smallest absolute Gasteiger partial charge is 0.478 e. The number of aliphatic hydroxyl groups is 4. The molecular formula is C10H18B2O19P4-2. The molecule has 0 aromatic rings. The summed E-state index contributed by atoms with van der Waals surface area (Å²) in [5.74, 6) is 0. The van der Waals surface area contributed by atoms with Crippen molar-refractivity contribution in [1.82, 2.24) is 0 Å². The maximum atomic E-state index is 11.8. The van der Waals surface area contributed by atoms with Gasteiger partial charge in [-0.3, -0.25) is 18.2 Å². The summed E-state index contributed by atoms with van der Waals surface area (Å²) in [6.07, 6.45) is -9.66. The third-order valence-corrected chi connectivity index (χ3v) is 10.0. The Morgan fingerprint density at radius 3 is 1.23 bits per heavy atom. The molecule has 0 aliphatic carbocycles. The fraction of sp³-hybridized carbons (Fsp3) is 1.00. The summed E-state index contributed by atoms with van der Waals surface area (Å²) in [4.78, 5) is 42.2. The Morgan fingerprint density at radius 1 is 0.657 bits per heavy atom. The molecule has 4 radical (unpaired) electrons. The Labute approximate surface area is 199 Å². The highest BCUT2D eigenvalue weighted by Crippen LogP contribution is 2.68. The molecule has 0 aromatic carbocycles. The number of ether oxygens (including phenoxy) is 2. The van der Waals surface area contributed by atoms with Crippen molar-refractivity contribution in [2.24, 2.45) is 0 Å². The minimum Gasteiger partial charge on any atom is -0.756 e. The van der Waals surface area contributed by atoms with Gasteiger partial charge in [0.2, 0.25) is 0 Å². The summed E-state index contributed by atoms with van der Waals surface area (Å²) < 4.78 is 75.4. The monoisotopic (exact) mass is 588 g/mol. The molecule has 200 valence electrons. The predicted molar refractivity (Wildman–Crippen MR) is 103 cm³/mol. The van der Waals surface area contributed by atoms with Gasteiger partial charge in [-0.05, 0) is 0 Å². The molecule has 0 aromatic heterocycles. The van der Waals surface area contributed by atoms with E-state index in [2.05, 4.69) is 22.0 Å². The fourth-order valence-corrected chi connectivity index (χ4v) is 7.44. The van der Waals surface area contributed by atoms with Gasteiger partial charge in [-0.25, -0.2) is 22.1 Å². The first kappa shape index (κ1) is 31.7. The molecule has 12 atom stereocenters. The standard InChI is InChI=1S/C10H20B2O19P4/c11-9-7(15)5(13)3(27-9)1-25-32(17,18)29-34(21,22)31-35(23,24)30-33(19,20)26-2-4-6(14)8(16)10(12)28-4/h3-10,13-16H,1-2H2,(H,17,18)(H,19,20)(H,21,22)(H,23,24)/p-2. The minimum atomic E-state index is -6.36. The van der Waals surface area contributed by atoms with Crippen LogP contribution in [0.15, 0.2) is 0 Å². The average molecular weight is 588 g/mol. The highest BCUT2D eigenvalue weighted by molar-refractivity contribution is 7.68. The molecule has 2 saturated heterocycles. The van der Waals surface area contributed by atoms with Gasteiger partial charge in [-0.15, -0.1) is 0 Å². The summed E-state index contributed by atoms with van der Waals surface area (Å²) in [7, 11) is -13.6. The van der Waals surface area contributed by atoms with Gasteiger partial charge in [-0.2, -0.15) is 0 Å². The second kappa shape index (κ2) is 11.7. The molecule has 2 aliphatic heterocycles. The van der Waals surface area contributed by atoms with Gasteiger partial charge in [0.1, 0.15) is 40.1 Å². The molecule has 19 nitrogen and oxygen atoms in total. The number of phosphoric acid groups is 4. The van der Waals surface area contributed by atoms with Crippen molar-refractivity contribution in [3.05, 3.63) is 0 Å². The molecule has 0 bridgehead atoms. The molecule has 2 fully saturated rings. The van der Waals surface area contributed by atoms with Gasteiger partial charge >= 0.3 is 15.6 Å². The van der Waals surface area contributed by atoms with Crippen molar-refractivity contribution in [1.29, 1.82) is 0 Å². The van der Waals surface area contributed by atoms with Crippen LogP contribution in [0.3, 0.4) is 0 Å². The quantitative estimate of drug-likeness (QED) is 0.0924. The van der Waals surface area contributed by atoms with Crippen molar-refractivity contribution < 1.29 is 89.7 Å². The third-order valence-electron chi connectivity index (χ3n) is 4.21. The van der Waals surface area contributed by atoms with E-state index < -0.39 is 93.1 Å². The first-order chi connectivity index (χ1) is 15.7. The van der Waals surface area contributed by atoms with Crippen LogP contribution in [0.25, 0.3) is 0 Å². The molecule has 12 unspecified atom stereocenters. The van der Waals surface area contributed by atoms with Crippen LogP contribution in [0, 0.1) is 0 Å². The molecular weight excluding hydrogens is 570 g/mol. The first-order valence-electron chi connectivity index (χ1n) is 8.99. The molecule has 2 rings (SSSR count). The SMILES string of the molecule is [B]C1OC(COP(=O)(O)OP(=O)([O-])OP(=O)([O-])OP(=O)(O)OCC2OC([B])C(O)C2O)C(O)C1O. The number of aliphatic hydroxyl groups excluding tert-OH is 4. The molecule has 25 heteroatoms. The molecule has 0 saturated carbocycles. The zero-order valence-electron chi connectivity index (χ0n) is 17.0. The van der Waals surface area contributed by atoms with E-state index in [-0.39, 0.29) is 0 Å². The van der Waals surface area contributed by atoms with Crippen LogP contribution in [-0.4, -0.2) is 108 Å². The highest BCUT2D eigenvalue weighted by atomic mass is 31.3. The number of hydrogen-bond donors (Lipinski definition) is 6. The summed E-state index contributed by atoms with van der Waals surface area (Å²) in [6, 6.07) is -2.81. The second-order valence-electron chi connectivity index (χ2n) is 6.91. The lowest BCUT2D eigenvalue weighted by atomic mass is 9.93. The predicted octanol–water partition coefficient (Wildman–Crippen LogP) is -4.56. The Balaban J connectivity index is 1.89. The van der Waals surface area contributed by atoms with Crippen LogP contribution in [0.1, 0.15) is 0 Å². The van der Waals surface area contributed by atoms with E-state index in [0.29, 0.717) is 0 Å². The highest BCUT2D eigenvalue weighted by Gasteiger charge is 2.43.